The van der Waals surface area contributed by atoms with Gasteiger partial charge in [0, 0.05) is 6.04 Å². The van der Waals surface area contributed by atoms with Crippen LogP contribution in [0.4, 0.5) is 0 Å². The van der Waals surface area contributed by atoms with Crippen molar-refractivity contribution < 1.29 is 23.1 Å². The highest BCUT2D eigenvalue weighted by molar-refractivity contribution is 7.92. The number of sulfone groups is 1. The third kappa shape index (κ3) is 5.33. The third-order valence-electron chi connectivity index (χ3n) is 4.11. The zero-order valence-electron chi connectivity index (χ0n) is 13.7. The Bertz CT molecular complexity index is 682. The van der Waals surface area contributed by atoms with Crippen LogP contribution < -0.4 is 0 Å². The Hall–Kier alpha value is -1.89. The van der Waals surface area contributed by atoms with Crippen LogP contribution >= 0.6 is 0 Å². The standard InChI is InChI=1S/C17H23NO5S/c1-13(17(20)21)18(15-9-10-15)16(19)12-24(22,23)11-5-8-14-6-3-2-4-7-14/h2-4,6-7,13,15H,5,8-12H2,1H3,(H,20,21). The minimum Gasteiger partial charge on any atom is -0.480 e. The predicted molar refractivity (Wildman–Crippen MR) is 90.4 cm³/mol. The number of benzene rings is 1. The zero-order chi connectivity index (χ0) is 17.7. The van der Waals surface area contributed by atoms with E-state index in [-0.39, 0.29) is 11.8 Å². The molecule has 1 N–H and O–H groups in total. The Morgan fingerprint density at radius 2 is 1.88 bits per heavy atom. The molecule has 0 spiro atoms. The van der Waals surface area contributed by atoms with Crippen LogP contribution in [0.2, 0.25) is 0 Å². The molecule has 0 saturated heterocycles. The van der Waals surface area contributed by atoms with Gasteiger partial charge in [-0.05, 0) is 38.2 Å². The second-order valence-electron chi connectivity index (χ2n) is 6.23. The maximum atomic E-state index is 12.3. The quantitative estimate of drug-likeness (QED) is 0.726. The van der Waals surface area contributed by atoms with Crippen LogP contribution in [0, 0.1) is 0 Å². The van der Waals surface area contributed by atoms with Gasteiger partial charge in [-0.1, -0.05) is 30.3 Å². The van der Waals surface area contributed by atoms with Gasteiger partial charge in [-0.15, -0.1) is 0 Å². The molecule has 24 heavy (non-hydrogen) atoms. The number of aryl methyl sites for hydroxylation is 1. The predicted octanol–water partition coefficient (Wildman–Crippen LogP) is 1.50. The van der Waals surface area contributed by atoms with Crippen molar-refractivity contribution in [2.75, 3.05) is 11.5 Å². The highest BCUT2D eigenvalue weighted by Gasteiger charge is 2.39. The van der Waals surface area contributed by atoms with E-state index in [0.29, 0.717) is 12.8 Å². The molecule has 0 radical (unpaired) electrons. The van der Waals surface area contributed by atoms with Gasteiger partial charge in [0.15, 0.2) is 9.84 Å². The zero-order valence-corrected chi connectivity index (χ0v) is 14.5. The fraction of sp³-hybridized carbons (Fsp3) is 0.529. The maximum Gasteiger partial charge on any atom is 0.326 e. The van der Waals surface area contributed by atoms with E-state index in [9.17, 15) is 18.0 Å². The minimum absolute atomic E-state index is 0.0758. The van der Waals surface area contributed by atoms with Gasteiger partial charge in [0.1, 0.15) is 11.8 Å². The molecule has 1 unspecified atom stereocenters. The molecule has 1 aliphatic carbocycles. The van der Waals surface area contributed by atoms with Crippen molar-refractivity contribution in [2.24, 2.45) is 0 Å². The lowest BCUT2D eigenvalue weighted by Crippen LogP contribution is -2.47. The molecule has 0 aromatic heterocycles. The summed E-state index contributed by atoms with van der Waals surface area (Å²) in [5, 5.41) is 9.10. The van der Waals surface area contributed by atoms with Gasteiger partial charge in [0.25, 0.3) is 0 Å². The van der Waals surface area contributed by atoms with E-state index in [2.05, 4.69) is 0 Å². The summed E-state index contributed by atoms with van der Waals surface area (Å²) in [4.78, 5) is 24.7. The summed E-state index contributed by atoms with van der Waals surface area (Å²) < 4.78 is 24.4. The van der Waals surface area contributed by atoms with Gasteiger partial charge >= 0.3 is 5.97 Å². The van der Waals surface area contributed by atoms with Crippen molar-refractivity contribution >= 4 is 21.7 Å². The Balaban J connectivity index is 1.89. The SMILES string of the molecule is CC(C(=O)O)N(C(=O)CS(=O)(=O)CCCc1ccccc1)C1CC1. The summed E-state index contributed by atoms with van der Waals surface area (Å²) in [7, 11) is -3.55. The first-order chi connectivity index (χ1) is 11.3. The van der Waals surface area contributed by atoms with E-state index in [0.717, 1.165) is 18.4 Å². The lowest BCUT2D eigenvalue weighted by molar-refractivity contribution is -0.149. The van der Waals surface area contributed by atoms with Crippen LogP contribution in [-0.2, 0) is 25.8 Å². The number of aliphatic carboxylic acids is 1. The van der Waals surface area contributed by atoms with Gasteiger partial charge in [-0.2, -0.15) is 0 Å². The van der Waals surface area contributed by atoms with Gasteiger partial charge in [-0.3, -0.25) is 4.79 Å². The Morgan fingerprint density at radius 1 is 1.25 bits per heavy atom. The first-order valence-corrected chi connectivity index (χ1v) is 9.90. The third-order valence-corrected chi connectivity index (χ3v) is 5.71. The lowest BCUT2D eigenvalue weighted by Gasteiger charge is -2.26. The molecule has 0 aliphatic heterocycles. The molecule has 1 aliphatic rings. The number of hydrogen-bond donors (Lipinski definition) is 1. The number of carbonyl (C=O) groups is 2. The first-order valence-electron chi connectivity index (χ1n) is 8.08. The summed E-state index contributed by atoms with van der Waals surface area (Å²) in [6.07, 6.45) is 2.54. The summed E-state index contributed by atoms with van der Waals surface area (Å²) in [6.45, 7) is 1.42. The summed E-state index contributed by atoms with van der Waals surface area (Å²) >= 11 is 0. The van der Waals surface area contributed by atoms with Crippen LogP contribution in [0.3, 0.4) is 0 Å². The molecular weight excluding hydrogens is 330 g/mol. The summed E-state index contributed by atoms with van der Waals surface area (Å²) in [6, 6.07) is 8.42. The van der Waals surface area contributed by atoms with Gasteiger partial charge in [0.2, 0.25) is 5.91 Å². The highest BCUT2D eigenvalue weighted by Crippen LogP contribution is 2.29. The normalized spacial score (nSPS) is 15.7. The molecule has 1 fully saturated rings. The second kappa shape index (κ2) is 7.79. The first kappa shape index (κ1) is 18.4. The Kier molecular flexibility index (Phi) is 5.99. The van der Waals surface area contributed by atoms with Gasteiger partial charge in [0.05, 0.1) is 5.75 Å². The minimum atomic E-state index is -3.55. The fourth-order valence-corrected chi connectivity index (χ4v) is 3.94. The van der Waals surface area contributed by atoms with E-state index < -0.39 is 33.5 Å². The summed E-state index contributed by atoms with van der Waals surface area (Å²) in [5.41, 5.74) is 1.05. The average molecular weight is 353 g/mol. The average Bonchev–Trinajstić information content (AvgIpc) is 3.32. The van der Waals surface area contributed by atoms with E-state index in [1.807, 2.05) is 30.3 Å². The van der Waals surface area contributed by atoms with Crippen LogP contribution in [-0.4, -0.2) is 53.9 Å². The molecule has 1 aromatic rings. The van der Waals surface area contributed by atoms with E-state index in [1.165, 1.54) is 11.8 Å². The molecule has 2 rings (SSSR count). The molecular formula is C17H23NO5S. The smallest absolute Gasteiger partial charge is 0.326 e. The van der Waals surface area contributed by atoms with E-state index in [4.69, 9.17) is 5.11 Å². The molecule has 1 amide bonds. The number of carbonyl (C=O) groups excluding carboxylic acids is 1. The fourth-order valence-electron chi connectivity index (χ4n) is 2.68. The van der Waals surface area contributed by atoms with Crippen molar-refractivity contribution in [3.8, 4) is 0 Å². The van der Waals surface area contributed by atoms with Crippen LogP contribution in [0.5, 0.6) is 0 Å². The van der Waals surface area contributed by atoms with E-state index in [1.54, 1.807) is 0 Å². The van der Waals surface area contributed by atoms with Crippen molar-refractivity contribution in [3.63, 3.8) is 0 Å². The molecule has 7 heteroatoms. The monoisotopic (exact) mass is 353 g/mol. The Labute approximate surface area is 142 Å². The van der Waals surface area contributed by atoms with Crippen molar-refractivity contribution in [3.05, 3.63) is 35.9 Å². The Morgan fingerprint density at radius 3 is 2.42 bits per heavy atom. The number of hydrogen-bond acceptors (Lipinski definition) is 4. The molecule has 0 bridgehead atoms. The van der Waals surface area contributed by atoms with Crippen LogP contribution in [0.25, 0.3) is 0 Å². The van der Waals surface area contributed by atoms with Crippen LogP contribution in [0.1, 0.15) is 31.7 Å². The molecule has 132 valence electrons. The number of amides is 1. The molecule has 1 saturated carbocycles. The van der Waals surface area contributed by atoms with E-state index >= 15 is 0 Å². The number of carboxylic acids is 1. The summed E-state index contributed by atoms with van der Waals surface area (Å²) in [5.74, 6) is -2.41. The lowest BCUT2D eigenvalue weighted by atomic mass is 10.1. The molecule has 1 atom stereocenters. The van der Waals surface area contributed by atoms with Gasteiger partial charge < -0.3 is 10.0 Å². The van der Waals surface area contributed by atoms with Gasteiger partial charge in [-0.25, -0.2) is 13.2 Å². The topological polar surface area (TPSA) is 91.8 Å². The van der Waals surface area contributed by atoms with Crippen molar-refractivity contribution in [2.45, 2.75) is 44.7 Å². The van der Waals surface area contributed by atoms with Crippen molar-refractivity contribution in [1.82, 2.24) is 4.90 Å². The largest absolute Gasteiger partial charge is 0.480 e. The maximum absolute atomic E-state index is 12.3. The van der Waals surface area contributed by atoms with Crippen molar-refractivity contribution in [1.29, 1.82) is 0 Å². The molecule has 1 aromatic carbocycles. The van der Waals surface area contributed by atoms with Crippen LogP contribution in [0.15, 0.2) is 30.3 Å². The highest BCUT2D eigenvalue weighted by atomic mass is 32.2. The molecule has 6 nitrogen and oxygen atoms in total. The number of carboxylic acid groups (broad SMARTS) is 1. The number of rotatable bonds is 9. The molecule has 0 heterocycles. The number of nitrogens with zero attached hydrogens (tertiary/aromatic N) is 1. The second-order valence-corrected chi connectivity index (χ2v) is 8.41.